The van der Waals surface area contributed by atoms with Crippen LogP contribution in [0, 0.1) is 0 Å². The van der Waals surface area contributed by atoms with Gasteiger partial charge in [0.15, 0.2) is 0 Å². The lowest BCUT2D eigenvalue weighted by Gasteiger charge is -2.39. The van der Waals surface area contributed by atoms with Crippen LogP contribution in [-0.2, 0) is 16.0 Å². The van der Waals surface area contributed by atoms with E-state index in [4.69, 9.17) is 21.1 Å². The average Bonchev–Trinajstić information content (AvgIpc) is 2.86. The number of aromatic nitrogens is 2. The largest absolute Gasteiger partial charge is 0.384 e. The van der Waals surface area contributed by atoms with Crippen molar-refractivity contribution < 1.29 is 14.6 Å². The van der Waals surface area contributed by atoms with Crippen LogP contribution in [0.4, 0.5) is 0 Å². The average molecular weight is 318 g/mol. The molecule has 1 aliphatic heterocycles. The van der Waals surface area contributed by atoms with Gasteiger partial charge in [-0.1, -0.05) is 11.6 Å². The molecule has 1 fully saturated rings. The van der Waals surface area contributed by atoms with Crippen LogP contribution in [0.1, 0.15) is 24.6 Å². The maximum atomic E-state index is 10.9. The van der Waals surface area contributed by atoms with Gasteiger partial charge in [-0.25, -0.2) is 0 Å². The lowest BCUT2D eigenvalue weighted by Crippen LogP contribution is -2.44. The maximum Gasteiger partial charge on any atom is 0.126 e. The van der Waals surface area contributed by atoms with Crippen molar-refractivity contribution >= 4 is 11.6 Å². The summed E-state index contributed by atoms with van der Waals surface area (Å²) in [5.41, 5.74) is -0.0279. The van der Waals surface area contributed by atoms with Gasteiger partial charge in [-0.3, -0.25) is 4.68 Å². The molecule has 21 heavy (non-hydrogen) atoms. The molecule has 2 rings (SSSR count). The van der Waals surface area contributed by atoms with E-state index in [0.717, 1.165) is 6.54 Å². The Morgan fingerprint density at radius 3 is 2.76 bits per heavy atom. The Kier molecular flexibility index (Phi) is 5.62. The third-order valence-corrected chi connectivity index (χ3v) is 4.39. The molecule has 1 aliphatic rings. The molecule has 1 aromatic heterocycles. The molecular weight excluding hydrogens is 294 g/mol. The van der Waals surface area contributed by atoms with Gasteiger partial charge in [0.1, 0.15) is 11.7 Å². The van der Waals surface area contributed by atoms with Crippen LogP contribution >= 0.6 is 11.6 Å². The first-order chi connectivity index (χ1) is 10.00. The quantitative estimate of drug-likeness (QED) is 0.857. The van der Waals surface area contributed by atoms with Crippen molar-refractivity contribution in [3.8, 4) is 0 Å². The second kappa shape index (κ2) is 7.07. The van der Waals surface area contributed by atoms with E-state index in [1.165, 1.54) is 0 Å². The molecular formula is C14H24ClN3O3. The van der Waals surface area contributed by atoms with Gasteiger partial charge in [-0.2, -0.15) is 5.10 Å². The minimum absolute atomic E-state index is 0.476. The minimum Gasteiger partial charge on any atom is -0.384 e. The molecule has 0 bridgehead atoms. The topological polar surface area (TPSA) is 59.8 Å². The van der Waals surface area contributed by atoms with E-state index in [1.54, 1.807) is 18.0 Å². The Morgan fingerprint density at radius 1 is 1.52 bits per heavy atom. The predicted octanol–water partition coefficient (Wildman–Crippen LogP) is 1.33. The minimum atomic E-state index is -0.816. The number of likely N-dealkylation sites (N-methyl/N-ethyl adjacent to an activating group) is 1. The summed E-state index contributed by atoms with van der Waals surface area (Å²) in [4.78, 5) is 2.06. The van der Waals surface area contributed by atoms with Crippen molar-refractivity contribution in [1.82, 2.24) is 14.7 Å². The highest BCUT2D eigenvalue weighted by Crippen LogP contribution is 2.39. The first-order valence-corrected chi connectivity index (χ1v) is 7.55. The summed E-state index contributed by atoms with van der Waals surface area (Å²) in [6.07, 6.45) is 2.04. The van der Waals surface area contributed by atoms with Gasteiger partial charge < -0.3 is 19.5 Å². The summed E-state index contributed by atoms with van der Waals surface area (Å²) >= 11 is 6.25. The van der Waals surface area contributed by atoms with Gasteiger partial charge >= 0.3 is 0 Å². The van der Waals surface area contributed by atoms with Crippen LogP contribution < -0.4 is 0 Å². The lowest BCUT2D eigenvalue weighted by molar-refractivity contribution is -0.156. The molecule has 120 valence electrons. The van der Waals surface area contributed by atoms with Crippen LogP contribution in [0.15, 0.2) is 6.20 Å². The summed E-state index contributed by atoms with van der Waals surface area (Å²) in [6, 6.07) is 0. The molecule has 2 heterocycles. The van der Waals surface area contributed by atoms with Gasteiger partial charge in [0, 0.05) is 39.7 Å². The van der Waals surface area contributed by atoms with E-state index < -0.39 is 11.7 Å². The molecule has 0 saturated carbocycles. The van der Waals surface area contributed by atoms with Crippen LogP contribution in [0.25, 0.3) is 0 Å². The van der Waals surface area contributed by atoms with Gasteiger partial charge in [0.2, 0.25) is 0 Å². The second-order valence-corrected chi connectivity index (χ2v) is 6.10. The lowest BCUT2D eigenvalue weighted by atomic mass is 9.86. The Labute approximate surface area is 130 Å². The fraction of sp³-hybridized carbons (Fsp3) is 0.786. The molecule has 1 aromatic rings. The summed E-state index contributed by atoms with van der Waals surface area (Å²) in [6.45, 7) is 2.64. The number of rotatable bonds is 6. The highest BCUT2D eigenvalue weighted by Gasteiger charge is 2.43. The summed E-state index contributed by atoms with van der Waals surface area (Å²) in [5, 5.41) is 15.6. The number of hydrogen-bond donors (Lipinski definition) is 1. The molecule has 0 aromatic carbocycles. The first-order valence-electron chi connectivity index (χ1n) is 7.17. The second-order valence-electron chi connectivity index (χ2n) is 5.69. The molecule has 7 heteroatoms. The monoisotopic (exact) mass is 317 g/mol. The number of aliphatic hydroxyl groups excluding tert-OH is 1. The van der Waals surface area contributed by atoms with E-state index >= 15 is 0 Å². The van der Waals surface area contributed by atoms with Crippen LogP contribution in [-0.4, -0.2) is 66.4 Å². The third kappa shape index (κ3) is 3.57. The first kappa shape index (κ1) is 16.7. The molecule has 1 unspecified atom stereocenters. The van der Waals surface area contributed by atoms with Crippen molar-refractivity contribution in [2.45, 2.75) is 31.1 Å². The smallest absolute Gasteiger partial charge is 0.126 e. The van der Waals surface area contributed by atoms with E-state index in [2.05, 4.69) is 10.00 Å². The van der Waals surface area contributed by atoms with Crippen molar-refractivity contribution in [3.63, 3.8) is 0 Å². The fourth-order valence-electron chi connectivity index (χ4n) is 2.67. The molecule has 1 atom stereocenters. The zero-order valence-electron chi connectivity index (χ0n) is 12.9. The fourth-order valence-corrected chi connectivity index (χ4v) is 2.92. The molecule has 0 radical (unpaired) electrons. The van der Waals surface area contributed by atoms with Gasteiger partial charge in [-0.05, 0) is 14.1 Å². The molecule has 0 aliphatic carbocycles. The summed E-state index contributed by atoms with van der Waals surface area (Å²) < 4.78 is 12.8. The maximum absolute atomic E-state index is 10.9. The standard InChI is InChI=1S/C14H24ClN3O3/c1-17(2)6-7-18-12(11(15)10-16-18)13(19)14(20-3)4-8-21-9-5-14/h10,13,19H,4-9H2,1-3H3. The number of aliphatic hydroxyl groups is 1. The molecule has 6 nitrogen and oxygen atoms in total. The van der Waals surface area contributed by atoms with Gasteiger partial charge in [0.05, 0.1) is 23.5 Å². The predicted molar refractivity (Wildman–Crippen MR) is 80.5 cm³/mol. The van der Waals surface area contributed by atoms with Crippen molar-refractivity contribution in [2.24, 2.45) is 0 Å². The molecule has 0 amide bonds. The Morgan fingerprint density at radius 2 is 2.19 bits per heavy atom. The summed E-state index contributed by atoms with van der Waals surface area (Å²) in [5.74, 6) is 0. The van der Waals surface area contributed by atoms with E-state index in [-0.39, 0.29) is 0 Å². The number of halogens is 1. The Balaban J connectivity index is 2.24. The van der Waals surface area contributed by atoms with E-state index in [0.29, 0.717) is 43.3 Å². The zero-order chi connectivity index (χ0) is 15.5. The van der Waals surface area contributed by atoms with Crippen LogP contribution in [0.3, 0.4) is 0 Å². The zero-order valence-corrected chi connectivity index (χ0v) is 13.6. The number of ether oxygens (including phenoxy) is 2. The third-order valence-electron chi connectivity index (χ3n) is 4.10. The molecule has 0 spiro atoms. The number of methoxy groups -OCH3 is 1. The molecule has 1 saturated heterocycles. The Bertz CT molecular complexity index is 458. The SMILES string of the molecule is COC1(C(O)c2c(Cl)cnn2CCN(C)C)CCOCC1. The summed E-state index contributed by atoms with van der Waals surface area (Å²) in [7, 11) is 5.62. The van der Waals surface area contributed by atoms with Crippen molar-refractivity contribution in [3.05, 3.63) is 16.9 Å². The van der Waals surface area contributed by atoms with Crippen molar-refractivity contribution in [2.75, 3.05) is 41.0 Å². The van der Waals surface area contributed by atoms with Gasteiger partial charge in [0.25, 0.3) is 0 Å². The van der Waals surface area contributed by atoms with Gasteiger partial charge in [-0.15, -0.1) is 0 Å². The highest BCUT2D eigenvalue weighted by atomic mass is 35.5. The van der Waals surface area contributed by atoms with E-state index in [1.807, 2.05) is 14.1 Å². The molecule has 1 N–H and O–H groups in total. The number of hydrogen-bond acceptors (Lipinski definition) is 5. The normalized spacial score (nSPS) is 19.9. The van der Waals surface area contributed by atoms with Crippen LogP contribution in [0.2, 0.25) is 5.02 Å². The number of nitrogens with zero attached hydrogens (tertiary/aromatic N) is 3. The highest BCUT2D eigenvalue weighted by molar-refractivity contribution is 6.31. The Hall–Kier alpha value is -0.660. The van der Waals surface area contributed by atoms with Crippen molar-refractivity contribution in [1.29, 1.82) is 0 Å². The van der Waals surface area contributed by atoms with E-state index in [9.17, 15) is 5.11 Å². The van der Waals surface area contributed by atoms with Crippen LogP contribution in [0.5, 0.6) is 0 Å².